The highest BCUT2D eigenvalue weighted by Gasteiger charge is 1.98. The second-order valence-electron chi connectivity index (χ2n) is 21.6. The second kappa shape index (κ2) is 53.9. The van der Waals surface area contributed by atoms with Crippen LogP contribution in [0.1, 0.15) is 50.1 Å². The smallest absolute Gasteiger partial charge is 0.0450 e. The molecule has 504 valence electrons. The first-order chi connectivity index (χ1) is 44.9. The number of rotatable bonds is 20. The van der Waals surface area contributed by atoms with E-state index in [0.717, 1.165) is 114 Å². The van der Waals surface area contributed by atoms with Gasteiger partial charge in [0.25, 0.3) is 0 Å². The molecule has 15 N–H and O–H groups in total. The molecule has 0 saturated heterocycles. The molecule has 0 aliphatic rings. The van der Waals surface area contributed by atoms with Crippen molar-refractivity contribution in [2.45, 2.75) is 58.9 Å². The van der Waals surface area contributed by atoms with Crippen LogP contribution in [-0.2, 0) is 58.9 Å². The van der Waals surface area contributed by atoms with Gasteiger partial charge in [-0.25, -0.2) is 0 Å². The Morgan fingerprint density at radius 1 is 0.290 bits per heavy atom. The van der Waals surface area contributed by atoms with E-state index in [9.17, 15) is 0 Å². The van der Waals surface area contributed by atoms with Crippen LogP contribution >= 0.6 is 34.8 Å². The predicted molar refractivity (Wildman–Crippen MR) is 409 cm³/mol. The molecule has 9 aromatic carbocycles. The van der Waals surface area contributed by atoms with Gasteiger partial charge in [0.15, 0.2) is 0 Å². The molecule has 0 atom stereocenters. The van der Waals surface area contributed by atoms with E-state index in [0.29, 0.717) is 0 Å². The van der Waals surface area contributed by atoms with Crippen molar-refractivity contribution in [2.75, 3.05) is 119 Å². The minimum Gasteiger partial charge on any atom is -0.399 e. The van der Waals surface area contributed by atoms with Crippen molar-refractivity contribution in [2.24, 2.45) is 0 Å². The number of anilines is 5. The molecule has 17 heteroatoms. The lowest BCUT2D eigenvalue weighted by Gasteiger charge is -2.09. The number of nitrogens with two attached hydrogens (primary N) is 3. The predicted octanol–water partition coefficient (Wildman–Crippen LogP) is 14.1. The zero-order valence-electron chi connectivity index (χ0n) is 57.5. The van der Waals surface area contributed by atoms with Crippen molar-refractivity contribution in [3.8, 4) is 0 Å². The minimum absolute atomic E-state index is 0.792. The molecule has 0 spiro atoms. The molecule has 0 heterocycles. The van der Waals surface area contributed by atoms with E-state index in [1.165, 1.54) is 38.9 Å². The van der Waals surface area contributed by atoms with Gasteiger partial charge in [-0.3, -0.25) is 0 Å². The van der Waals surface area contributed by atoms with Crippen LogP contribution in [0.5, 0.6) is 0 Å². The van der Waals surface area contributed by atoms with Crippen LogP contribution in [0.3, 0.4) is 0 Å². The van der Waals surface area contributed by atoms with Crippen molar-refractivity contribution < 1.29 is 0 Å². The Labute approximate surface area is 574 Å². The maximum absolute atomic E-state index is 5.86. The van der Waals surface area contributed by atoms with E-state index in [2.05, 4.69) is 159 Å². The number of hydrogen-bond acceptors (Lipinski definition) is 14. The molecule has 9 aromatic rings. The van der Waals surface area contributed by atoms with Gasteiger partial charge in [0.2, 0.25) is 0 Å². The fourth-order valence-corrected chi connectivity index (χ4v) is 8.79. The highest BCUT2D eigenvalue weighted by molar-refractivity contribution is 6.31. The summed E-state index contributed by atoms with van der Waals surface area (Å²) < 4.78 is 0. The van der Waals surface area contributed by atoms with E-state index < -0.39 is 0 Å². The van der Waals surface area contributed by atoms with Crippen LogP contribution in [0, 0.1) is 0 Å². The molecule has 0 saturated carbocycles. The van der Waals surface area contributed by atoms with Gasteiger partial charge in [-0.2, -0.15) is 0 Å². The SMILES string of the molecule is CN(C)Cc1ccccc1.CNCc1ccc(Cl)cc1.CNCc1ccc(N)cc1.CNCc1cccc(Cl)c1.CNCc1cccc(N)c1.CNCc1cccc(NC)c1.CNCc1ccccc1Cl.CNCc1ccccc1N.CNc1ccc(CN(C)C)cc1. The molecule has 0 radical (unpaired) electrons. The van der Waals surface area contributed by atoms with Gasteiger partial charge in [0, 0.05) is 117 Å². The molecule has 0 bridgehead atoms. The zero-order chi connectivity index (χ0) is 68.9. The summed E-state index contributed by atoms with van der Waals surface area (Å²) in [6, 6.07) is 74.3. The summed E-state index contributed by atoms with van der Waals surface area (Å²) in [6.07, 6.45) is 0. The lowest BCUT2D eigenvalue weighted by atomic mass is 10.2. The Hall–Kier alpha value is -7.51. The number of halogens is 3. The van der Waals surface area contributed by atoms with E-state index in [-0.39, 0.29) is 0 Å². The molecule has 0 amide bonds. The third kappa shape index (κ3) is 43.1. The van der Waals surface area contributed by atoms with Crippen LogP contribution in [0.25, 0.3) is 0 Å². The summed E-state index contributed by atoms with van der Waals surface area (Å²) in [4.78, 5) is 4.32. The van der Waals surface area contributed by atoms with Crippen LogP contribution < -0.4 is 65.1 Å². The second-order valence-corrected chi connectivity index (χ2v) is 22.9. The summed E-state index contributed by atoms with van der Waals surface area (Å²) in [6.45, 7) is 8.19. The fraction of sp³-hybridized carbons (Fsp3) is 0.289. The van der Waals surface area contributed by atoms with E-state index in [1.807, 2.05) is 215 Å². The summed E-state index contributed by atoms with van der Waals surface area (Å²) in [7, 11) is 25.6. The molecular formula is C76H109Cl3N14. The van der Waals surface area contributed by atoms with Gasteiger partial charge in [-0.05, 0) is 213 Å². The van der Waals surface area contributed by atoms with Gasteiger partial charge < -0.3 is 74.9 Å². The Kier molecular flexibility index (Phi) is 48.4. The van der Waals surface area contributed by atoms with Gasteiger partial charge in [0.1, 0.15) is 0 Å². The standard InChI is InChI=1S/C10H16N2.C9H14N2.C9H13N.3C8H10ClN.3C8H12N2/c1-11-10-6-4-9(5-7-10)8-12(2)3;1-10-7-8-4-3-5-9(6-8)11-2;1-10(2)8-9-6-4-3-5-7-9;1-10-6-7-2-4-8(9)5-3-7;1-10-6-7-3-2-4-8(9)5-7;1-10-6-7-4-2-3-5-8(7)9;1-10-6-7-2-4-8(9)5-3-7;1-10-6-7-3-2-4-8(9)5-7;1-10-6-7-4-2-3-5-8(7)9/h4-7,11H,8H2,1-3H3;3-6,10-11H,7H2,1-2H3;3-7H,8H2,1-2H3;3*2-5,10H,6H2,1H3;3*2-5,10H,6,9H2,1H3. The topological polar surface area (TPSA) is 193 Å². The Balaban J connectivity index is 0.000000523. The van der Waals surface area contributed by atoms with Gasteiger partial charge in [-0.1, -0.05) is 174 Å². The summed E-state index contributed by atoms with van der Waals surface area (Å²) >= 11 is 17.3. The van der Waals surface area contributed by atoms with Crippen molar-refractivity contribution in [1.29, 1.82) is 0 Å². The molecule has 9 rings (SSSR count). The molecule has 0 aromatic heterocycles. The lowest BCUT2D eigenvalue weighted by molar-refractivity contribution is 0.402. The van der Waals surface area contributed by atoms with Crippen molar-refractivity contribution in [3.05, 3.63) is 290 Å². The zero-order valence-corrected chi connectivity index (χ0v) is 59.8. The summed E-state index contributed by atoms with van der Waals surface area (Å²) in [5.41, 5.74) is 32.8. The molecule has 0 unspecified atom stereocenters. The molecular weight excluding hydrogens is 1220 g/mol. The van der Waals surface area contributed by atoms with Gasteiger partial charge in [0.05, 0.1) is 0 Å². The first-order valence-corrected chi connectivity index (χ1v) is 32.1. The third-order valence-electron chi connectivity index (χ3n) is 12.7. The molecule has 14 nitrogen and oxygen atoms in total. The maximum atomic E-state index is 5.86. The first-order valence-electron chi connectivity index (χ1n) is 31.0. The number of nitrogens with zero attached hydrogens (tertiary/aromatic N) is 2. The monoisotopic (exact) mass is 1320 g/mol. The Morgan fingerprint density at radius 2 is 0.677 bits per heavy atom. The molecule has 0 fully saturated rings. The van der Waals surface area contributed by atoms with Crippen LogP contribution in [0.2, 0.25) is 15.1 Å². The number of nitrogens with one attached hydrogen (secondary N) is 9. The van der Waals surface area contributed by atoms with Crippen LogP contribution in [0.15, 0.2) is 224 Å². The van der Waals surface area contributed by atoms with Gasteiger partial charge >= 0.3 is 0 Å². The van der Waals surface area contributed by atoms with Crippen molar-refractivity contribution in [3.63, 3.8) is 0 Å². The fourth-order valence-electron chi connectivity index (χ4n) is 8.25. The van der Waals surface area contributed by atoms with Crippen molar-refractivity contribution in [1.82, 2.24) is 47.0 Å². The van der Waals surface area contributed by atoms with Crippen LogP contribution in [0.4, 0.5) is 28.4 Å². The molecule has 93 heavy (non-hydrogen) atoms. The number of para-hydroxylation sites is 1. The first kappa shape index (κ1) is 83.5. The Morgan fingerprint density at radius 3 is 1.14 bits per heavy atom. The summed E-state index contributed by atoms with van der Waals surface area (Å²) in [5.74, 6) is 0. The number of benzene rings is 9. The quantitative estimate of drug-likeness (QED) is 0.0323. The highest BCUT2D eigenvalue weighted by Crippen LogP contribution is 2.15. The van der Waals surface area contributed by atoms with Crippen molar-refractivity contribution >= 4 is 63.2 Å². The largest absolute Gasteiger partial charge is 0.399 e. The van der Waals surface area contributed by atoms with E-state index in [4.69, 9.17) is 52.0 Å². The van der Waals surface area contributed by atoms with Crippen LogP contribution in [-0.4, -0.2) is 101 Å². The average molecular weight is 1330 g/mol. The summed E-state index contributed by atoms with van der Waals surface area (Å²) in [5, 5.41) is 30.0. The minimum atomic E-state index is 0.792. The average Bonchev–Trinajstić information content (AvgIpc) is 3.72. The molecule has 0 aliphatic carbocycles. The van der Waals surface area contributed by atoms with E-state index in [1.54, 1.807) is 0 Å². The lowest BCUT2D eigenvalue weighted by Crippen LogP contribution is -2.10. The normalized spacial score (nSPS) is 9.87. The Bertz CT molecular complexity index is 3080. The highest BCUT2D eigenvalue weighted by atomic mass is 35.5. The van der Waals surface area contributed by atoms with E-state index >= 15 is 0 Å². The van der Waals surface area contributed by atoms with Gasteiger partial charge in [-0.15, -0.1) is 0 Å². The number of hydrogen-bond donors (Lipinski definition) is 12. The maximum Gasteiger partial charge on any atom is 0.0450 e. The number of nitrogen functional groups attached to an aromatic ring is 3. The third-order valence-corrected chi connectivity index (χ3v) is 13.5. The molecule has 0 aliphatic heterocycles.